The second kappa shape index (κ2) is 6.20. The normalized spacial score (nSPS) is 20.4. The Morgan fingerprint density at radius 1 is 1.39 bits per heavy atom. The third kappa shape index (κ3) is 3.03. The van der Waals surface area contributed by atoms with Gasteiger partial charge in [-0.1, -0.05) is 15.9 Å². The fourth-order valence-electron chi connectivity index (χ4n) is 2.23. The SMILES string of the molecule is O=C1NCCCN(c2ccc(Br)cc2)C1CCO. The van der Waals surface area contributed by atoms with Gasteiger partial charge < -0.3 is 15.3 Å². The van der Waals surface area contributed by atoms with Gasteiger partial charge in [-0.2, -0.15) is 0 Å². The second-order valence-corrected chi connectivity index (χ2v) is 5.26. The summed E-state index contributed by atoms with van der Waals surface area (Å²) in [6.45, 7) is 1.55. The van der Waals surface area contributed by atoms with Crippen molar-refractivity contribution < 1.29 is 9.90 Å². The molecule has 98 valence electrons. The van der Waals surface area contributed by atoms with Crippen molar-refractivity contribution in [3.8, 4) is 0 Å². The molecule has 0 radical (unpaired) electrons. The summed E-state index contributed by atoms with van der Waals surface area (Å²) in [5.74, 6) is 0.00414. The Morgan fingerprint density at radius 2 is 2.11 bits per heavy atom. The molecule has 1 saturated heterocycles. The van der Waals surface area contributed by atoms with Crippen LogP contribution in [-0.2, 0) is 4.79 Å². The number of hydrogen-bond acceptors (Lipinski definition) is 3. The summed E-state index contributed by atoms with van der Waals surface area (Å²) in [6, 6.07) is 7.64. The molecule has 1 amide bonds. The second-order valence-electron chi connectivity index (χ2n) is 4.34. The van der Waals surface area contributed by atoms with Gasteiger partial charge in [0.15, 0.2) is 0 Å². The van der Waals surface area contributed by atoms with E-state index in [4.69, 9.17) is 5.11 Å². The Hall–Kier alpha value is -1.07. The van der Waals surface area contributed by atoms with Crippen LogP contribution in [0.4, 0.5) is 5.69 Å². The Kier molecular flexibility index (Phi) is 4.60. The molecule has 1 unspecified atom stereocenters. The Labute approximate surface area is 115 Å². The summed E-state index contributed by atoms with van der Waals surface area (Å²) in [4.78, 5) is 14.1. The number of hydrogen-bond donors (Lipinski definition) is 2. The van der Waals surface area contributed by atoms with Crippen LogP contribution in [-0.4, -0.2) is 36.8 Å². The molecule has 1 heterocycles. The molecule has 1 aliphatic rings. The third-order valence-corrected chi connectivity index (χ3v) is 3.64. The summed E-state index contributed by atoms with van der Waals surface area (Å²) in [6.07, 6.45) is 1.38. The number of aliphatic hydroxyl groups is 1. The predicted octanol–water partition coefficient (Wildman–Crippen LogP) is 1.53. The van der Waals surface area contributed by atoms with Crippen LogP contribution in [0.2, 0.25) is 0 Å². The summed E-state index contributed by atoms with van der Waals surface area (Å²) in [5, 5.41) is 12.0. The largest absolute Gasteiger partial charge is 0.396 e. The molecule has 18 heavy (non-hydrogen) atoms. The van der Waals surface area contributed by atoms with Crippen molar-refractivity contribution in [2.45, 2.75) is 18.9 Å². The molecular formula is C13H17BrN2O2. The smallest absolute Gasteiger partial charge is 0.242 e. The molecule has 0 spiro atoms. The zero-order valence-electron chi connectivity index (χ0n) is 10.1. The summed E-state index contributed by atoms with van der Waals surface area (Å²) >= 11 is 3.40. The van der Waals surface area contributed by atoms with Crippen LogP contribution >= 0.6 is 15.9 Å². The highest BCUT2D eigenvalue weighted by Crippen LogP contribution is 2.23. The van der Waals surface area contributed by atoms with Gasteiger partial charge >= 0.3 is 0 Å². The van der Waals surface area contributed by atoms with Crippen molar-refractivity contribution in [1.82, 2.24) is 5.32 Å². The zero-order valence-corrected chi connectivity index (χ0v) is 11.7. The molecule has 0 bridgehead atoms. The van der Waals surface area contributed by atoms with Gasteiger partial charge in [-0.05, 0) is 37.1 Å². The van der Waals surface area contributed by atoms with Gasteiger partial charge in [-0.3, -0.25) is 4.79 Å². The summed E-state index contributed by atoms with van der Waals surface area (Å²) in [7, 11) is 0. The van der Waals surface area contributed by atoms with Gasteiger partial charge in [0.25, 0.3) is 0 Å². The minimum Gasteiger partial charge on any atom is -0.396 e. The molecular weight excluding hydrogens is 296 g/mol. The lowest BCUT2D eigenvalue weighted by atomic mass is 10.1. The molecule has 0 aliphatic carbocycles. The molecule has 5 heteroatoms. The molecule has 0 saturated carbocycles. The molecule has 1 aromatic carbocycles. The average molecular weight is 313 g/mol. The quantitative estimate of drug-likeness (QED) is 0.890. The van der Waals surface area contributed by atoms with Gasteiger partial charge in [-0.15, -0.1) is 0 Å². The van der Waals surface area contributed by atoms with E-state index in [0.717, 1.165) is 23.1 Å². The van der Waals surface area contributed by atoms with Gasteiger partial charge in [0.05, 0.1) is 0 Å². The Morgan fingerprint density at radius 3 is 2.78 bits per heavy atom. The van der Waals surface area contributed by atoms with Crippen LogP contribution in [0.15, 0.2) is 28.7 Å². The van der Waals surface area contributed by atoms with Crippen LogP contribution in [0.1, 0.15) is 12.8 Å². The number of halogens is 1. The van der Waals surface area contributed by atoms with Gasteiger partial charge in [0, 0.05) is 29.9 Å². The number of nitrogens with one attached hydrogen (secondary N) is 1. The lowest BCUT2D eigenvalue weighted by molar-refractivity contribution is -0.122. The van der Waals surface area contributed by atoms with E-state index in [1.165, 1.54) is 0 Å². The van der Waals surface area contributed by atoms with Crippen LogP contribution < -0.4 is 10.2 Å². The number of carbonyl (C=O) groups is 1. The number of anilines is 1. The number of nitrogens with zero attached hydrogens (tertiary/aromatic N) is 1. The van der Waals surface area contributed by atoms with E-state index in [9.17, 15) is 4.79 Å². The lowest BCUT2D eigenvalue weighted by Crippen LogP contribution is -2.45. The fourth-order valence-corrected chi connectivity index (χ4v) is 2.49. The maximum Gasteiger partial charge on any atom is 0.242 e. The first-order valence-electron chi connectivity index (χ1n) is 6.13. The van der Waals surface area contributed by atoms with E-state index in [1.54, 1.807) is 0 Å². The van der Waals surface area contributed by atoms with Gasteiger partial charge in [0.2, 0.25) is 5.91 Å². The van der Waals surface area contributed by atoms with E-state index in [2.05, 4.69) is 26.1 Å². The monoisotopic (exact) mass is 312 g/mol. The third-order valence-electron chi connectivity index (χ3n) is 3.11. The first-order valence-corrected chi connectivity index (χ1v) is 6.92. The van der Waals surface area contributed by atoms with E-state index in [1.807, 2.05) is 24.3 Å². The molecule has 1 aliphatic heterocycles. The zero-order chi connectivity index (χ0) is 13.0. The van der Waals surface area contributed by atoms with E-state index < -0.39 is 0 Å². The standard InChI is InChI=1S/C13H17BrN2O2/c14-10-2-4-11(5-3-10)16-8-1-7-15-13(18)12(16)6-9-17/h2-5,12,17H,1,6-9H2,(H,15,18). The van der Waals surface area contributed by atoms with E-state index >= 15 is 0 Å². The first kappa shape index (κ1) is 13.4. The van der Waals surface area contributed by atoms with Crippen molar-refractivity contribution in [2.24, 2.45) is 0 Å². The number of carbonyl (C=O) groups excluding carboxylic acids is 1. The van der Waals surface area contributed by atoms with Crippen molar-refractivity contribution in [1.29, 1.82) is 0 Å². The minimum absolute atomic E-state index is 0.00414. The molecule has 1 aromatic rings. The predicted molar refractivity (Wildman–Crippen MR) is 74.6 cm³/mol. The highest BCUT2D eigenvalue weighted by molar-refractivity contribution is 9.10. The number of amides is 1. The Balaban J connectivity index is 2.25. The van der Waals surface area contributed by atoms with Gasteiger partial charge in [0.1, 0.15) is 6.04 Å². The number of benzene rings is 1. The highest BCUT2D eigenvalue weighted by atomic mass is 79.9. The van der Waals surface area contributed by atoms with Gasteiger partial charge in [-0.25, -0.2) is 0 Å². The van der Waals surface area contributed by atoms with Crippen molar-refractivity contribution in [3.63, 3.8) is 0 Å². The fraction of sp³-hybridized carbons (Fsp3) is 0.462. The Bertz CT molecular complexity index is 408. The molecule has 2 N–H and O–H groups in total. The lowest BCUT2D eigenvalue weighted by Gasteiger charge is -2.30. The molecule has 0 aromatic heterocycles. The van der Waals surface area contributed by atoms with E-state index in [0.29, 0.717) is 13.0 Å². The topological polar surface area (TPSA) is 52.6 Å². The van der Waals surface area contributed by atoms with E-state index in [-0.39, 0.29) is 18.6 Å². The molecule has 1 fully saturated rings. The van der Waals surface area contributed by atoms with Crippen molar-refractivity contribution in [2.75, 3.05) is 24.6 Å². The van der Waals surface area contributed by atoms with Crippen LogP contribution in [0.3, 0.4) is 0 Å². The van der Waals surface area contributed by atoms with Crippen molar-refractivity contribution >= 4 is 27.5 Å². The number of rotatable bonds is 3. The summed E-state index contributed by atoms with van der Waals surface area (Å²) in [5.41, 5.74) is 1.02. The average Bonchev–Trinajstić information content (AvgIpc) is 2.54. The van der Waals surface area contributed by atoms with Crippen molar-refractivity contribution in [3.05, 3.63) is 28.7 Å². The van der Waals surface area contributed by atoms with Crippen LogP contribution in [0, 0.1) is 0 Å². The molecule has 1 atom stereocenters. The maximum absolute atomic E-state index is 12.0. The number of aliphatic hydroxyl groups excluding tert-OH is 1. The van der Waals surface area contributed by atoms with Crippen LogP contribution in [0.5, 0.6) is 0 Å². The maximum atomic E-state index is 12.0. The van der Waals surface area contributed by atoms with Crippen LogP contribution in [0.25, 0.3) is 0 Å². The molecule has 4 nitrogen and oxygen atoms in total. The molecule has 2 rings (SSSR count). The highest BCUT2D eigenvalue weighted by Gasteiger charge is 2.27. The summed E-state index contributed by atoms with van der Waals surface area (Å²) < 4.78 is 1.02. The first-order chi connectivity index (χ1) is 8.72. The minimum atomic E-state index is -0.279.